The Bertz CT molecular complexity index is 1410. The number of benzene rings is 3. The molecule has 0 spiro atoms. The zero-order valence-corrected chi connectivity index (χ0v) is 19.0. The number of nitrogens with two attached hydrogens (primary N) is 1. The lowest BCUT2D eigenvalue weighted by Crippen LogP contribution is -2.41. The second kappa shape index (κ2) is 9.79. The first-order chi connectivity index (χ1) is 16.0. The smallest absolute Gasteiger partial charge is 0.330 e. The topological polar surface area (TPSA) is 101 Å². The van der Waals surface area contributed by atoms with Crippen LogP contribution in [0.5, 0.6) is 0 Å². The quantitative estimate of drug-likeness (QED) is 0.411. The molecule has 7 nitrogen and oxygen atoms in total. The van der Waals surface area contributed by atoms with Crippen LogP contribution in [-0.2, 0) is 11.3 Å². The van der Waals surface area contributed by atoms with E-state index in [0.717, 1.165) is 21.2 Å². The molecule has 0 atom stereocenters. The summed E-state index contributed by atoms with van der Waals surface area (Å²) in [6.07, 6.45) is 0. The minimum absolute atomic E-state index is 0.00265. The van der Waals surface area contributed by atoms with Gasteiger partial charge < -0.3 is 10.6 Å². The number of thioether (sulfide) groups is 1. The monoisotopic (exact) mass is 460 g/mol. The number of hydrogen-bond acceptors (Lipinski definition) is 5. The lowest BCUT2D eigenvalue weighted by atomic mass is 10.1. The molecule has 8 heteroatoms. The highest BCUT2D eigenvalue weighted by Crippen LogP contribution is 2.25. The van der Waals surface area contributed by atoms with E-state index >= 15 is 0 Å². The highest BCUT2D eigenvalue weighted by Gasteiger charge is 2.23. The maximum atomic E-state index is 13.1. The fourth-order valence-corrected chi connectivity index (χ4v) is 4.52. The summed E-state index contributed by atoms with van der Waals surface area (Å²) in [5.74, 6) is -0.167. The minimum atomic E-state index is -0.673. The van der Waals surface area contributed by atoms with Crippen molar-refractivity contribution in [1.29, 1.82) is 0 Å². The molecule has 0 aliphatic heterocycles. The molecule has 0 aliphatic carbocycles. The molecule has 0 bridgehead atoms. The van der Waals surface area contributed by atoms with Crippen molar-refractivity contribution < 1.29 is 4.79 Å². The number of aromatic nitrogens is 2. The van der Waals surface area contributed by atoms with Gasteiger partial charge >= 0.3 is 5.69 Å². The Morgan fingerprint density at radius 3 is 2.42 bits per heavy atom. The van der Waals surface area contributed by atoms with Crippen molar-refractivity contribution in [3.8, 4) is 0 Å². The number of H-pyrrole nitrogens is 1. The number of amides is 1. The zero-order valence-electron chi connectivity index (χ0n) is 18.2. The molecule has 3 N–H and O–H groups in total. The second-order valence-electron chi connectivity index (χ2n) is 7.50. The predicted molar refractivity (Wildman–Crippen MR) is 134 cm³/mol. The summed E-state index contributed by atoms with van der Waals surface area (Å²) < 4.78 is 1.28. The van der Waals surface area contributed by atoms with Crippen LogP contribution in [0.1, 0.15) is 12.5 Å². The molecule has 4 rings (SSSR count). The van der Waals surface area contributed by atoms with E-state index in [2.05, 4.69) is 4.98 Å². The molecule has 0 unspecified atom stereocenters. The van der Waals surface area contributed by atoms with Crippen LogP contribution in [-0.4, -0.2) is 27.8 Å². The molecule has 0 saturated heterocycles. The standard InChI is InChI=1S/C25H24N4O3S/c1-2-28(21(30)16-33-20-13-12-18-10-6-7-11-19(18)14-20)22-23(26)29(25(32)27-24(22)31)15-17-8-4-3-5-9-17/h3-14H,2,15-16,26H2,1H3,(H,27,31,32). The predicted octanol–water partition coefficient (Wildman–Crippen LogP) is 3.47. The molecule has 3 aromatic carbocycles. The average Bonchev–Trinajstić information content (AvgIpc) is 2.83. The second-order valence-corrected chi connectivity index (χ2v) is 8.55. The molecule has 1 amide bonds. The number of nitrogens with zero attached hydrogens (tertiary/aromatic N) is 2. The Morgan fingerprint density at radius 1 is 1.00 bits per heavy atom. The molecule has 4 aromatic rings. The van der Waals surface area contributed by atoms with E-state index in [9.17, 15) is 14.4 Å². The van der Waals surface area contributed by atoms with Crippen LogP contribution in [0.25, 0.3) is 10.8 Å². The number of anilines is 2. The first-order valence-electron chi connectivity index (χ1n) is 10.6. The van der Waals surface area contributed by atoms with Crippen LogP contribution < -0.4 is 21.9 Å². The molecule has 0 saturated carbocycles. The van der Waals surface area contributed by atoms with Crippen LogP contribution in [0, 0.1) is 0 Å². The Labute approximate surface area is 194 Å². The van der Waals surface area contributed by atoms with E-state index in [1.165, 1.54) is 21.2 Å². The van der Waals surface area contributed by atoms with E-state index in [4.69, 9.17) is 5.73 Å². The lowest BCUT2D eigenvalue weighted by molar-refractivity contribution is -0.116. The van der Waals surface area contributed by atoms with Gasteiger partial charge in [-0.05, 0) is 35.4 Å². The fraction of sp³-hybridized carbons (Fsp3) is 0.160. The SMILES string of the molecule is CCN(C(=O)CSc1ccc2ccccc2c1)c1c(N)n(Cc2ccccc2)c(=O)[nH]c1=O. The normalized spacial score (nSPS) is 10.9. The molecule has 1 heterocycles. The molecule has 1 aromatic heterocycles. The number of nitrogens with one attached hydrogen (secondary N) is 1. The summed E-state index contributed by atoms with van der Waals surface area (Å²) in [5, 5.41) is 2.22. The Balaban J connectivity index is 1.59. The van der Waals surface area contributed by atoms with Gasteiger partial charge in [0.05, 0.1) is 12.3 Å². The van der Waals surface area contributed by atoms with E-state index < -0.39 is 11.2 Å². The van der Waals surface area contributed by atoms with Crippen LogP contribution in [0.2, 0.25) is 0 Å². The van der Waals surface area contributed by atoms with Crippen LogP contribution in [0.15, 0.2) is 87.3 Å². The van der Waals surface area contributed by atoms with Gasteiger partial charge in [-0.2, -0.15) is 0 Å². The van der Waals surface area contributed by atoms with Crippen molar-refractivity contribution in [3.05, 3.63) is 99.2 Å². The summed E-state index contributed by atoms with van der Waals surface area (Å²) in [4.78, 5) is 42.7. The number of rotatable bonds is 7. The Morgan fingerprint density at radius 2 is 1.70 bits per heavy atom. The molecular formula is C25H24N4O3S. The Kier molecular flexibility index (Phi) is 6.65. The number of nitrogen functional groups attached to an aromatic ring is 1. The summed E-state index contributed by atoms with van der Waals surface area (Å²) in [6.45, 7) is 2.20. The zero-order chi connectivity index (χ0) is 23.4. The molecule has 0 radical (unpaired) electrons. The van der Waals surface area contributed by atoms with Gasteiger partial charge in [0.1, 0.15) is 5.82 Å². The molecule has 33 heavy (non-hydrogen) atoms. The first kappa shape index (κ1) is 22.4. The van der Waals surface area contributed by atoms with E-state index in [1.54, 1.807) is 6.92 Å². The number of hydrogen-bond donors (Lipinski definition) is 2. The summed E-state index contributed by atoms with van der Waals surface area (Å²) >= 11 is 1.39. The average molecular weight is 461 g/mol. The van der Waals surface area contributed by atoms with E-state index in [1.807, 2.05) is 72.8 Å². The number of carbonyl (C=O) groups is 1. The van der Waals surface area contributed by atoms with E-state index in [-0.39, 0.29) is 36.3 Å². The maximum Gasteiger partial charge on any atom is 0.330 e. The lowest BCUT2D eigenvalue weighted by Gasteiger charge is -2.23. The summed E-state index contributed by atoms with van der Waals surface area (Å²) in [5.41, 5.74) is 5.82. The number of aromatic amines is 1. The number of fused-ring (bicyclic) bond motifs is 1. The third-order valence-electron chi connectivity index (χ3n) is 5.37. The minimum Gasteiger partial charge on any atom is -0.383 e. The highest BCUT2D eigenvalue weighted by atomic mass is 32.2. The van der Waals surface area contributed by atoms with Gasteiger partial charge in [-0.3, -0.25) is 19.1 Å². The van der Waals surface area contributed by atoms with Gasteiger partial charge in [0, 0.05) is 11.4 Å². The van der Waals surface area contributed by atoms with Gasteiger partial charge in [-0.1, -0.05) is 60.7 Å². The molecular weight excluding hydrogens is 436 g/mol. The van der Waals surface area contributed by atoms with Gasteiger partial charge in [-0.15, -0.1) is 11.8 Å². The van der Waals surface area contributed by atoms with Gasteiger partial charge in [0.2, 0.25) is 5.91 Å². The van der Waals surface area contributed by atoms with E-state index in [0.29, 0.717) is 0 Å². The molecule has 168 valence electrons. The van der Waals surface area contributed by atoms with Crippen LogP contribution in [0.4, 0.5) is 11.5 Å². The van der Waals surface area contributed by atoms with Gasteiger partial charge in [-0.25, -0.2) is 4.79 Å². The summed E-state index contributed by atoms with van der Waals surface area (Å²) in [7, 11) is 0. The van der Waals surface area contributed by atoms with Crippen molar-refractivity contribution in [1.82, 2.24) is 9.55 Å². The summed E-state index contributed by atoms with van der Waals surface area (Å²) in [6, 6.07) is 23.3. The van der Waals surface area contributed by atoms with Crippen molar-refractivity contribution in [2.24, 2.45) is 0 Å². The van der Waals surface area contributed by atoms with Crippen LogP contribution >= 0.6 is 11.8 Å². The Hall–Kier alpha value is -3.78. The number of carbonyl (C=O) groups excluding carboxylic acids is 1. The fourth-order valence-electron chi connectivity index (χ4n) is 3.70. The van der Waals surface area contributed by atoms with Crippen LogP contribution in [0.3, 0.4) is 0 Å². The van der Waals surface area contributed by atoms with Gasteiger partial charge in [0.25, 0.3) is 5.56 Å². The van der Waals surface area contributed by atoms with Crippen molar-refractivity contribution >= 4 is 39.9 Å². The van der Waals surface area contributed by atoms with Crippen molar-refractivity contribution in [2.45, 2.75) is 18.4 Å². The maximum absolute atomic E-state index is 13.1. The first-order valence-corrected chi connectivity index (χ1v) is 11.5. The van der Waals surface area contributed by atoms with Gasteiger partial charge in [0.15, 0.2) is 5.69 Å². The molecule has 0 aliphatic rings. The third-order valence-corrected chi connectivity index (χ3v) is 6.35. The highest BCUT2D eigenvalue weighted by molar-refractivity contribution is 8.00. The van der Waals surface area contributed by atoms with Crippen molar-refractivity contribution in [3.63, 3.8) is 0 Å². The molecule has 0 fully saturated rings. The third kappa shape index (κ3) is 4.85. The largest absolute Gasteiger partial charge is 0.383 e. The van der Waals surface area contributed by atoms with Crippen molar-refractivity contribution in [2.75, 3.05) is 22.9 Å².